The minimum atomic E-state index is 0.454. The Labute approximate surface area is 113 Å². The fourth-order valence-corrected chi connectivity index (χ4v) is 2.64. The van der Waals surface area contributed by atoms with Gasteiger partial charge < -0.3 is 5.73 Å². The summed E-state index contributed by atoms with van der Waals surface area (Å²) < 4.78 is 1.92. The molecule has 1 heterocycles. The van der Waals surface area contributed by atoms with E-state index in [1.807, 2.05) is 29.8 Å². The van der Waals surface area contributed by atoms with Gasteiger partial charge in [0.05, 0.1) is 16.4 Å². The van der Waals surface area contributed by atoms with Crippen LogP contribution in [0, 0.1) is 13.8 Å². The summed E-state index contributed by atoms with van der Waals surface area (Å²) in [6.07, 6.45) is 0.972. The third-order valence-electron chi connectivity index (χ3n) is 3.30. The zero-order valence-electron chi connectivity index (χ0n) is 11.0. The molecule has 0 aliphatic rings. The second-order valence-corrected chi connectivity index (χ2v) is 4.77. The van der Waals surface area contributed by atoms with E-state index in [0.29, 0.717) is 11.6 Å². The number of aromatic nitrogens is 2. The van der Waals surface area contributed by atoms with Crippen LogP contribution >= 0.6 is 11.6 Å². The summed E-state index contributed by atoms with van der Waals surface area (Å²) in [6, 6.07) is 5.78. The van der Waals surface area contributed by atoms with Gasteiger partial charge in [-0.2, -0.15) is 5.10 Å². The molecule has 1 aromatic carbocycles. The Hall–Kier alpha value is -1.32. The van der Waals surface area contributed by atoms with Gasteiger partial charge in [-0.15, -0.1) is 0 Å². The van der Waals surface area contributed by atoms with E-state index in [2.05, 4.69) is 18.9 Å². The summed E-state index contributed by atoms with van der Waals surface area (Å²) in [4.78, 5) is 0. The van der Waals surface area contributed by atoms with Crippen molar-refractivity contribution in [2.24, 2.45) is 5.73 Å². The molecule has 0 radical (unpaired) electrons. The maximum Gasteiger partial charge on any atom is 0.0879 e. The van der Waals surface area contributed by atoms with Crippen LogP contribution in [0.25, 0.3) is 5.69 Å². The van der Waals surface area contributed by atoms with Crippen molar-refractivity contribution >= 4 is 11.6 Å². The number of nitrogens with two attached hydrogens (primary N) is 1. The van der Waals surface area contributed by atoms with Crippen molar-refractivity contribution in [2.45, 2.75) is 33.7 Å². The average molecular weight is 264 g/mol. The highest BCUT2D eigenvalue weighted by Crippen LogP contribution is 2.27. The Balaban J connectivity index is 2.69. The normalized spacial score (nSPS) is 10.9. The highest BCUT2D eigenvalue weighted by atomic mass is 35.5. The molecule has 3 nitrogen and oxygen atoms in total. The van der Waals surface area contributed by atoms with Crippen molar-refractivity contribution in [1.82, 2.24) is 9.78 Å². The number of para-hydroxylation sites is 1. The van der Waals surface area contributed by atoms with Gasteiger partial charge in [-0.1, -0.05) is 30.7 Å². The summed E-state index contributed by atoms with van der Waals surface area (Å²) in [5.41, 5.74) is 11.2. The fourth-order valence-electron chi connectivity index (χ4n) is 2.37. The van der Waals surface area contributed by atoms with Crippen molar-refractivity contribution < 1.29 is 0 Å². The van der Waals surface area contributed by atoms with Gasteiger partial charge in [-0.05, 0) is 37.5 Å². The van der Waals surface area contributed by atoms with Gasteiger partial charge in [0, 0.05) is 12.2 Å². The minimum absolute atomic E-state index is 0.454. The molecule has 4 heteroatoms. The fraction of sp³-hybridized carbons (Fsp3) is 0.357. The molecule has 1 aromatic heterocycles. The first-order valence-corrected chi connectivity index (χ1v) is 6.50. The maximum absolute atomic E-state index is 6.30. The number of hydrogen-bond acceptors (Lipinski definition) is 2. The van der Waals surface area contributed by atoms with Crippen LogP contribution in [0.2, 0.25) is 5.02 Å². The minimum Gasteiger partial charge on any atom is -0.326 e. The van der Waals surface area contributed by atoms with E-state index < -0.39 is 0 Å². The Morgan fingerprint density at radius 1 is 1.33 bits per heavy atom. The molecule has 0 amide bonds. The summed E-state index contributed by atoms with van der Waals surface area (Å²) in [5, 5.41) is 5.28. The maximum atomic E-state index is 6.30. The van der Waals surface area contributed by atoms with Crippen molar-refractivity contribution in [3.8, 4) is 5.69 Å². The van der Waals surface area contributed by atoms with E-state index in [1.54, 1.807) is 0 Å². The number of hydrogen-bond donors (Lipinski definition) is 1. The van der Waals surface area contributed by atoms with E-state index in [1.165, 1.54) is 5.56 Å². The predicted molar refractivity (Wildman–Crippen MR) is 75.3 cm³/mol. The van der Waals surface area contributed by atoms with Gasteiger partial charge in [-0.25, -0.2) is 4.68 Å². The molecule has 0 unspecified atom stereocenters. The largest absolute Gasteiger partial charge is 0.326 e. The van der Waals surface area contributed by atoms with Crippen LogP contribution in [-0.2, 0) is 13.0 Å². The standard InChI is InChI=1S/C14H18ClN3/c1-4-12-9(2)17-18(10(12)3)14-11(8-16)6-5-7-13(14)15/h5-7H,4,8,16H2,1-3H3. The van der Waals surface area contributed by atoms with Crippen molar-refractivity contribution in [3.63, 3.8) is 0 Å². The van der Waals surface area contributed by atoms with E-state index in [4.69, 9.17) is 17.3 Å². The van der Waals surface area contributed by atoms with Crippen molar-refractivity contribution in [1.29, 1.82) is 0 Å². The quantitative estimate of drug-likeness (QED) is 0.924. The van der Waals surface area contributed by atoms with Crippen LogP contribution in [0.5, 0.6) is 0 Å². The molecular formula is C14H18ClN3. The lowest BCUT2D eigenvalue weighted by molar-refractivity contribution is 0.817. The third kappa shape index (κ3) is 2.04. The second-order valence-electron chi connectivity index (χ2n) is 4.37. The van der Waals surface area contributed by atoms with Crippen LogP contribution in [0.4, 0.5) is 0 Å². The molecule has 0 spiro atoms. The van der Waals surface area contributed by atoms with E-state index in [9.17, 15) is 0 Å². The molecule has 0 aliphatic carbocycles. The number of rotatable bonds is 3. The molecular weight excluding hydrogens is 246 g/mol. The predicted octanol–water partition coefficient (Wildman–Crippen LogP) is 3.16. The van der Waals surface area contributed by atoms with Gasteiger partial charge in [-0.3, -0.25) is 0 Å². The first kappa shape index (κ1) is 13.1. The first-order chi connectivity index (χ1) is 8.60. The van der Waals surface area contributed by atoms with Crippen LogP contribution in [0.3, 0.4) is 0 Å². The molecule has 0 atom stereocenters. The van der Waals surface area contributed by atoms with Gasteiger partial charge in [0.25, 0.3) is 0 Å². The number of benzene rings is 1. The SMILES string of the molecule is CCc1c(C)nn(-c2c(Cl)cccc2CN)c1C. The van der Waals surface area contributed by atoms with Crippen LogP contribution in [0.1, 0.15) is 29.4 Å². The van der Waals surface area contributed by atoms with E-state index in [-0.39, 0.29) is 0 Å². The molecule has 2 N–H and O–H groups in total. The average Bonchev–Trinajstić information content (AvgIpc) is 2.63. The zero-order valence-corrected chi connectivity index (χ0v) is 11.8. The Morgan fingerprint density at radius 3 is 2.61 bits per heavy atom. The number of nitrogens with zero attached hydrogens (tertiary/aromatic N) is 2. The smallest absolute Gasteiger partial charge is 0.0879 e. The summed E-state index contributed by atoms with van der Waals surface area (Å²) >= 11 is 6.30. The van der Waals surface area contributed by atoms with Crippen molar-refractivity contribution in [3.05, 3.63) is 45.7 Å². The van der Waals surface area contributed by atoms with Crippen LogP contribution in [0.15, 0.2) is 18.2 Å². The first-order valence-electron chi connectivity index (χ1n) is 6.13. The van der Waals surface area contributed by atoms with Crippen LogP contribution < -0.4 is 5.73 Å². The Kier molecular flexibility index (Phi) is 3.73. The molecule has 0 bridgehead atoms. The molecule has 2 aromatic rings. The molecule has 2 rings (SSSR count). The topological polar surface area (TPSA) is 43.8 Å². The molecule has 0 fully saturated rings. The van der Waals surface area contributed by atoms with E-state index in [0.717, 1.165) is 29.1 Å². The van der Waals surface area contributed by atoms with E-state index >= 15 is 0 Å². The van der Waals surface area contributed by atoms with Gasteiger partial charge in [0.2, 0.25) is 0 Å². The lowest BCUT2D eigenvalue weighted by atomic mass is 10.1. The second kappa shape index (κ2) is 5.12. The summed E-state index contributed by atoms with van der Waals surface area (Å²) in [5.74, 6) is 0. The summed E-state index contributed by atoms with van der Waals surface area (Å²) in [7, 11) is 0. The molecule has 0 saturated carbocycles. The van der Waals surface area contributed by atoms with Gasteiger partial charge in [0.1, 0.15) is 0 Å². The third-order valence-corrected chi connectivity index (χ3v) is 3.60. The Morgan fingerprint density at radius 2 is 2.06 bits per heavy atom. The highest BCUT2D eigenvalue weighted by molar-refractivity contribution is 6.32. The monoisotopic (exact) mass is 263 g/mol. The lowest BCUT2D eigenvalue weighted by Gasteiger charge is -2.12. The zero-order chi connectivity index (χ0) is 13.3. The highest BCUT2D eigenvalue weighted by Gasteiger charge is 2.15. The lowest BCUT2D eigenvalue weighted by Crippen LogP contribution is -2.08. The summed E-state index contributed by atoms with van der Waals surface area (Å²) in [6.45, 7) is 6.69. The number of halogens is 1. The number of aryl methyl sites for hydroxylation is 1. The molecule has 18 heavy (non-hydrogen) atoms. The molecule has 96 valence electrons. The Bertz CT molecular complexity index is 573. The van der Waals surface area contributed by atoms with Crippen LogP contribution in [-0.4, -0.2) is 9.78 Å². The van der Waals surface area contributed by atoms with Crippen molar-refractivity contribution in [2.75, 3.05) is 0 Å². The molecule has 0 aliphatic heterocycles. The van der Waals surface area contributed by atoms with Gasteiger partial charge in [0.15, 0.2) is 0 Å². The molecule has 0 saturated heterocycles. The van der Waals surface area contributed by atoms with Gasteiger partial charge >= 0.3 is 0 Å².